The molecule has 3 nitrogen and oxygen atoms in total. The van der Waals surface area contributed by atoms with Gasteiger partial charge in [-0.1, -0.05) is 23.2 Å². The Balaban J connectivity index is 2.11. The number of hydrogen-bond acceptors (Lipinski definition) is 4. The van der Waals surface area contributed by atoms with E-state index in [4.69, 9.17) is 23.2 Å². The first kappa shape index (κ1) is 12.4. The smallest absolute Gasteiger partial charge is 0.183 e. The molecule has 0 aliphatic rings. The zero-order chi connectivity index (χ0) is 12.4. The Morgan fingerprint density at radius 1 is 1.41 bits per heavy atom. The SMILES string of the molecule is Oc1cc(Cl)c(F)cc1NCc1cnc(Cl)s1. The van der Waals surface area contributed by atoms with Crippen molar-refractivity contribution in [2.75, 3.05) is 5.32 Å². The van der Waals surface area contributed by atoms with Crippen LogP contribution in [0.2, 0.25) is 9.49 Å². The number of thiazole rings is 1. The molecule has 0 spiro atoms. The summed E-state index contributed by atoms with van der Waals surface area (Å²) in [5.74, 6) is -0.693. The van der Waals surface area contributed by atoms with E-state index < -0.39 is 5.82 Å². The molecule has 1 aromatic carbocycles. The van der Waals surface area contributed by atoms with Gasteiger partial charge in [-0.3, -0.25) is 0 Å². The molecule has 90 valence electrons. The van der Waals surface area contributed by atoms with Crippen LogP contribution in [0.3, 0.4) is 0 Å². The van der Waals surface area contributed by atoms with Crippen LogP contribution >= 0.6 is 34.5 Å². The van der Waals surface area contributed by atoms with Crippen LogP contribution in [0.1, 0.15) is 4.88 Å². The first-order chi connectivity index (χ1) is 8.06. The molecule has 0 atom stereocenters. The molecule has 0 unspecified atom stereocenters. The van der Waals surface area contributed by atoms with Gasteiger partial charge >= 0.3 is 0 Å². The predicted molar refractivity (Wildman–Crippen MR) is 67.5 cm³/mol. The van der Waals surface area contributed by atoms with Crippen LogP contribution in [0.4, 0.5) is 10.1 Å². The monoisotopic (exact) mass is 292 g/mol. The van der Waals surface area contributed by atoms with Crippen LogP contribution in [0, 0.1) is 5.82 Å². The highest BCUT2D eigenvalue weighted by Gasteiger charge is 2.08. The fourth-order valence-electron chi connectivity index (χ4n) is 1.23. The minimum absolute atomic E-state index is 0.105. The Labute approximate surface area is 111 Å². The van der Waals surface area contributed by atoms with Gasteiger partial charge < -0.3 is 10.4 Å². The second-order valence-electron chi connectivity index (χ2n) is 3.22. The maximum absolute atomic E-state index is 13.2. The Hall–Kier alpha value is -1.04. The molecule has 2 rings (SSSR count). The van der Waals surface area contributed by atoms with Gasteiger partial charge in [-0.25, -0.2) is 9.37 Å². The number of rotatable bonds is 3. The molecule has 0 radical (unpaired) electrons. The quantitative estimate of drug-likeness (QED) is 0.843. The molecular formula is C10H7Cl2FN2OS. The van der Waals surface area contributed by atoms with Gasteiger partial charge in [0.2, 0.25) is 0 Å². The summed E-state index contributed by atoms with van der Waals surface area (Å²) in [6.07, 6.45) is 1.61. The lowest BCUT2D eigenvalue weighted by Crippen LogP contribution is -1.98. The number of phenolic OH excluding ortho intramolecular Hbond substituents is 1. The number of nitrogens with one attached hydrogen (secondary N) is 1. The minimum atomic E-state index is -0.589. The molecule has 0 saturated heterocycles. The van der Waals surface area contributed by atoms with Crippen molar-refractivity contribution in [3.05, 3.63) is 38.5 Å². The minimum Gasteiger partial charge on any atom is -0.506 e. The molecule has 0 aliphatic heterocycles. The van der Waals surface area contributed by atoms with Crippen LogP contribution in [0.25, 0.3) is 0 Å². The first-order valence-corrected chi connectivity index (χ1v) is 6.15. The lowest BCUT2D eigenvalue weighted by Gasteiger charge is -2.07. The van der Waals surface area contributed by atoms with Crippen molar-refractivity contribution in [2.45, 2.75) is 6.54 Å². The van der Waals surface area contributed by atoms with Crippen molar-refractivity contribution in [3.63, 3.8) is 0 Å². The van der Waals surface area contributed by atoms with E-state index in [1.165, 1.54) is 11.3 Å². The number of hydrogen-bond donors (Lipinski definition) is 2. The average Bonchev–Trinajstić information content (AvgIpc) is 2.68. The lowest BCUT2D eigenvalue weighted by atomic mass is 10.3. The van der Waals surface area contributed by atoms with Crippen molar-refractivity contribution in [3.8, 4) is 5.75 Å². The number of phenols is 1. The fraction of sp³-hybridized carbons (Fsp3) is 0.100. The van der Waals surface area contributed by atoms with Crippen LogP contribution in [0.15, 0.2) is 18.3 Å². The molecule has 0 bridgehead atoms. The predicted octanol–water partition coefficient (Wildman–Crippen LogP) is 3.91. The molecule has 1 heterocycles. The number of nitrogens with zero attached hydrogens (tertiary/aromatic N) is 1. The third-order valence-corrected chi connectivity index (χ3v) is 3.42. The zero-order valence-corrected chi connectivity index (χ0v) is 10.7. The summed E-state index contributed by atoms with van der Waals surface area (Å²) in [7, 11) is 0. The van der Waals surface area contributed by atoms with Crippen molar-refractivity contribution in [1.29, 1.82) is 0 Å². The van der Waals surface area contributed by atoms with E-state index in [0.717, 1.165) is 17.0 Å². The van der Waals surface area contributed by atoms with Crippen molar-refractivity contribution >= 4 is 40.2 Å². The molecule has 2 N–H and O–H groups in total. The molecule has 7 heteroatoms. The van der Waals surface area contributed by atoms with E-state index in [2.05, 4.69) is 10.3 Å². The van der Waals surface area contributed by atoms with Gasteiger partial charge in [-0.2, -0.15) is 0 Å². The van der Waals surface area contributed by atoms with Crippen LogP contribution in [-0.4, -0.2) is 10.1 Å². The summed E-state index contributed by atoms with van der Waals surface area (Å²) in [5, 5.41) is 12.3. The maximum atomic E-state index is 13.2. The second kappa shape index (κ2) is 5.08. The maximum Gasteiger partial charge on any atom is 0.183 e. The molecule has 0 saturated carbocycles. The van der Waals surface area contributed by atoms with Gasteiger partial charge in [0.25, 0.3) is 0 Å². The summed E-state index contributed by atoms with van der Waals surface area (Å²) in [5.41, 5.74) is 0.274. The second-order valence-corrected chi connectivity index (χ2v) is 5.32. The van der Waals surface area contributed by atoms with E-state index in [1.807, 2.05) is 0 Å². The van der Waals surface area contributed by atoms with Crippen molar-refractivity contribution < 1.29 is 9.50 Å². The summed E-state index contributed by atoms with van der Waals surface area (Å²) >= 11 is 12.5. The van der Waals surface area contributed by atoms with Gasteiger partial charge in [0.05, 0.1) is 17.3 Å². The van der Waals surface area contributed by atoms with Gasteiger partial charge in [0.1, 0.15) is 11.6 Å². The average molecular weight is 293 g/mol. The Morgan fingerprint density at radius 2 is 2.18 bits per heavy atom. The fourth-order valence-corrected chi connectivity index (χ4v) is 2.30. The molecule has 1 aromatic heterocycles. The topological polar surface area (TPSA) is 45.1 Å². The summed E-state index contributed by atoms with van der Waals surface area (Å²) in [4.78, 5) is 4.75. The molecule has 0 aliphatic carbocycles. The van der Waals surface area contributed by atoms with Gasteiger partial charge in [0, 0.05) is 23.2 Å². The van der Waals surface area contributed by atoms with E-state index >= 15 is 0 Å². The molecule has 0 amide bonds. The standard InChI is InChI=1S/C10H7Cl2FN2OS/c11-6-1-9(16)8(2-7(6)13)14-3-5-4-15-10(12)17-5/h1-2,4,14,16H,3H2. The highest BCUT2D eigenvalue weighted by molar-refractivity contribution is 7.15. The zero-order valence-electron chi connectivity index (χ0n) is 8.38. The largest absolute Gasteiger partial charge is 0.506 e. The molecule has 2 aromatic rings. The lowest BCUT2D eigenvalue weighted by molar-refractivity contribution is 0.475. The van der Waals surface area contributed by atoms with Crippen LogP contribution in [-0.2, 0) is 6.54 Å². The van der Waals surface area contributed by atoms with Crippen molar-refractivity contribution in [2.24, 2.45) is 0 Å². The van der Waals surface area contributed by atoms with Crippen LogP contribution < -0.4 is 5.32 Å². The summed E-state index contributed by atoms with van der Waals surface area (Å²) in [6.45, 7) is 0.402. The molecule has 0 fully saturated rings. The highest BCUT2D eigenvalue weighted by atomic mass is 35.5. The van der Waals surface area contributed by atoms with Crippen molar-refractivity contribution in [1.82, 2.24) is 4.98 Å². The normalized spacial score (nSPS) is 10.5. The third-order valence-electron chi connectivity index (χ3n) is 2.02. The molecule has 17 heavy (non-hydrogen) atoms. The van der Waals surface area contributed by atoms with E-state index in [9.17, 15) is 9.50 Å². The third kappa shape index (κ3) is 3.00. The number of aromatic nitrogens is 1. The van der Waals surface area contributed by atoms with E-state index in [0.29, 0.717) is 11.0 Å². The van der Waals surface area contributed by atoms with E-state index in [1.54, 1.807) is 6.20 Å². The number of anilines is 1. The molecular weight excluding hydrogens is 286 g/mol. The Kier molecular flexibility index (Phi) is 3.71. The van der Waals surface area contributed by atoms with Gasteiger partial charge in [-0.15, -0.1) is 11.3 Å². The Bertz CT molecular complexity index is 547. The number of benzene rings is 1. The Morgan fingerprint density at radius 3 is 2.82 bits per heavy atom. The van der Waals surface area contributed by atoms with Crippen LogP contribution in [0.5, 0.6) is 5.75 Å². The van der Waals surface area contributed by atoms with Gasteiger partial charge in [-0.05, 0) is 0 Å². The number of halogens is 3. The van der Waals surface area contributed by atoms with Gasteiger partial charge in [0.15, 0.2) is 4.47 Å². The van der Waals surface area contributed by atoms with E-state index in [-0.39, 0.29) is 16.5 Å². The highest BCUT2D eigenvalue weighted by Crippen LogP contribution is 2.30. The first-order valence-electron chi connectivity index (χ1n) is 4.58. The summed E-state index contributed by atoms with van der Waals surface area (Å²) < 4.78 is 13.6. The number of aromatic hydroxyl groups is 1. The summed E-state index contributed by atoms with van der Waals surface area (Å²) in [6, 6.07) is 2.29.